The summed E-state index contributed by atoms with van der Waals surface area (Å²) in [6.45, 7) is 17.2. The molecule has 0 saturated carbocycles. The van der Waals surface area contributed by atoms with Crippen molar-refractivity contribution in [2.75, 3.05) is 6.61 Å². The van der Waals surface area contributed by atoms with E-state index in [0.717, 1.165) is 12.0 Å². The molecule has 2 rings (SSSR count). The van der Waals surface area contributed by atoms with Gasteiger partial charge in [0, 0.05) is 6.61 Å². The Morgan fingerprint density at radius 3 is 2.36 bits per heavy atom. The molecular weight excluding hydrogens is 434 g/mol. The molecule has 1 heterocycles. The smallest absolute Gasteiger partial charge is 0.408 e. The number of hydrogen-bond donors (Lipinski definition) is 1. The minimum Gasteiger partial charge on any atom is -0.460 e. The number of alkyl carbamates (subject to hydrolysis) is 1. The van der Waals surface area contributed by atoms with E-state index in [9.17, 15) is 9.59 Å². The first kappa shape index (κ1) is 27.4. The number of rotatable bonds is 9. The Hall–Kier alpha value is -1.86. The molecule has 33 heavy (non-hydrogen) atoms. The van der Waals surface area contributed by atoms with Crippen LogP contribution in [0.1, 0.15) is 66.4 Å². The number of cyclic esters (lactones) is 1. The van der Waals surface area contributed by atoms with Crippen LogP contribution in [0, 0.1) is 5.92 Å². The van der Waals surface area contributed by atoms with Crippen molar-refractivity contribution in [2.24, 2.45) is 5.92 Å². The summed E-state index contributed by atoms with van der Waals surface area (Å²) in [6.07, 6.45) is 1.79. The second-order valence-corrected chi connectivity index (χ2v) is 16.4. The van der Waals surface area contributed by atoms with Gasteiger partial charge in [0.25, 0.3) is 0 Å². The first-order valence-corrected chi connectivity index (χ1v) is 15.0. The molecular formula is C26H43NO5Si. The fraction of sp³-hybridized carbons (Fsp3) is 0.692. The maximum atomic E-state index is 12.6. The second kappa shape index (κ2) is 11.0. The van der Waals surface area contributed by atoms with E-state index in [-0.39, 0.29) is 29.1 Å². The van der Waals surface area contributed by atoms with Crippen LogP contribution in [0.15, 0.2) is 30.3 Å². The number of esters is 1. The lowest BCUT2D eigenvalue weighted by Crippen LogP contribution is -2.46. The quantitative estimate of drug-likeness (QED) is 0.274. The normalized spacial score (nSPS) is 20.3. The van der Waals surface area contributed by atoms with E-state index in [1.165, 1.54) is 0 Å². The third-order valence-corrected chi connectivity index (χ3v) is 11.1. The monoisotopic (exact) mass is 477 g/mol. The molecule has 0 unspecified atom stereocenters. The van der Waals surface area contributed by atoms with Crippen molar-refractivity contribution in [1.82, 2.24) is 5.32 Å². The lowest BCUT2D eigenvalue weighted by Gasteiger charge is -2.36. The number of carbonyl (C=O) groups excluding carboxylic acids is 2. The lowest BCUT2D eigenvalue weighted by molar-refractivity contribution is -0.145. The SMILES string of the molecule is CC(C)(C)OC(=O)N[C@@H](CCCO[Si](C)(C)C(C)(C)C)[C@H]1C[C@@H](Cc2ccccc2)C(=O)O1. The van der Waals surface area contributed by atoms with Gasteiger partial charge >= 0.3 is 12.1 Å². The molecule has 3 atom stereocenters. The van der Waals surface area contributed by atoms with Gasteiger partial charge in [0.15, 0.2) is 8.32 Å². The molecule has 1 aliphatic heterocycles. The predicted octanol–water partition coefficient (Wildman–Crippen LogP) is 5.86. The molecule has 0 aliphatic carbocycles. The van der Waals surface area contributed by atoms with E-state index in [0.29, 0.717) is 25.9 Å². The summed E-state index contributed by atoms with van der Waals surface area (Å²) in [5, 5.41) is 3.11. The molecule has 0 radical (unpaired) electrons. The summed E-state index contributed by atoms with van der Waals surface area (Å²) in [5.74, 6) is -0.402. The average molecular weight is 478 g/mol. The number of amides is 1. The zero-order chi connectivity index (χ0) is 24.9. The van der Waals surface area contributed by atoms with E-state index in [4.69, 9.17) is 13.9 Å². The standard InChI is InChI=1S/C26H43NO5Si/c1-25(2,3)32-24(29)27-21(15-12-16-30-33(7,8)26(4,5)6)22-18-20(23(28)31-22)17-19-13-10-9-11-14-19/h9-11,13-14,20-22H,12,15-18H2,1-8H3,(H,27,29)/t20-,21+,22-/m1/s1. The van der Waals surface area contributed by atoms with E-state index in [1.54, 1.807) is 0 Å². The molecule has 1 fully saturated rings. The highest BCUT2D eigenvalue weighted by Crippen LogP contribution is 2.36. The first-order valence-electron chi connectivity index (χ1n) is 12.1. The van der Waals surface area contributed by atoms with Gasteiger partial charge in [0.2, 0.25) is 0 Å². The minimum atomic E-state index is -1.83. The second-order valence-electron chi connectivity index (χ2n) is 11.6. The van der Waals surface area contributed by atoms with Crippen LogP contribution in [0.3, 0.4) is 0 Å². The van der Waals surface area contributed by atoms with Gasteiger partial charge in [0.05, 0.1) is 12.0 Å². The highest BCUT2D eigenvalue weighted by atomic mass is 28.4. The fourth-order valence-corrected chi connectivity index (χ4v) is 4.73. The molecule has 1 aliphatic rings. The number of carbonyl (C=O) groups is 2. The summed E-state index contributed by atoms with van der Waals surface area (Å²) in [7, 11) is -1.83. The van der Waals surface area contributed by atoms with Crippen molar-refractivity contribution in [1.29, 1.82) is 0 Å². The van der Waals surface area contributed by atoms with Crippen molar-refractivity contribution in [3.8, 4) is 0 Å². The molecule has 0 spiro atoms. The molecule has 186 valence electrons. The highest BCUT2D eigenvalue weighted by Gasteiger charge is 2.40. The zero-order valence-corrected chi connectivity index (χ0v) is 22.7. The molecule has 1 aromatic carbocycles. The number of benzene rings is 1. The Morgan fingerprint density at radius 2 is 1.79 bits per heavy atom. The van der Waals surface area contributed by atoms with Crippen LogP contribution in [0.4, 0.5) is 4.79 Å². The molecule has 6 nitrogen and oxygen atoms in total. The van der Waals surface area contributed by atoms with Gasteiger partial charge in [-0.2, -0.15) is 0 Å². The Balaban J connectivity index is 2.01. The molecule has 1 N–H and O–H groups in total. The van der Waals surface area contributed by atoms with Crippen LogP contribution < -0.4 is 5.32 Å². The van der Waals surface area contributed by atoms with E-state index in [2.05, 4.69) is 39.2 Å². The molecule has 1 saturated heterocycles. The van der Waals surface area contributed by atoms with Gasteiger partial charge in [0.1, 0.15) is 11.7 Å². The number of nitrogens with one attached hydrogen (secondary N) is 1. The summed E-state index contributed by atoms with van der Waals surface area (Å²) in [6, 6.07) is 9.65. The van der Waals surface area contributed by atoms with E-state index < -0.39 is 20.0 Å². The molecule has 0 aromatic heterocycles. The summed E-state index contributed by atoms with van der Waals surface area (Å²) in [4.78, 5) is 25.1. The van der Waals surface area contributed by atoms with E-state index in [1.807, 2.05) is 51.1 Å². The zero-order valence-electron chi connectivity index (χ0n) is 21.7. The van der Waals surface area contributed by atoms with Gasteiger partial charge in [-0.1, -0.05) is 51.1 Å². The van der Waals surface area contributed by atoms with E-state index >= 15 is 0 Å². The third kappa shape index (κ3) is 8.78. The molecule has 1 amide bonds. The molecule has 7 heteroatoms. The van der Waals surface area contributed by atoms with Gasteiger partial charge in [-0.25, -0.2) is 4.79 Å². The van der Waals surface area contributed by atoms with Crippen LogP contribution in [-0.2, 0) is 25.1 Å². The summed E-state index contributed by atoms with van der Waals surface area (Å²) < 4.78 is 17.5. The molecule has 1 aromatic rings. The Kier molecular flexibility index (Phi) is 9.16. The number of ether oxygens (including phenoxy) is 2. The van der Waals surface area contributed by atoms with Crippen molar-refractivity contribution >= 4 is 20.4 Å². The van der Waals surface area contributed by atoms with Gasteiger partial charge < -0.3 is 19.2 Å². The maximum Gasteiger partial charge on any atom is 0.408 e. The van der Waals surface area contributed by atoms with Gasteiger partial charge in [-0.15, -0.1) is 0 Å². The van der Waals surface area contributed by atoms with Crippen LogP contribution in [0.25, 0.3) is 0 Å². The van der Waals surface area contributed by atoms with Crippen LogP contribution in [0.5, 0.6) is 0 Å². The Morgan fingerprint density at radius 1 is 1.15 bits per heavy atom. The maximum absolute atomic E-state index is 12.6. The summed E-state index contributed by atoms with van der Waals surface area (Å²) in [5.41, 5.74) is 0.516. The van der Waals surface area contributed by atoms with Crippen molar-refractivity contribution in [2.45, 2.75) is 103 Å². The van der Waals surface area contributed by atoms with Crippen molar-refractivity contribution < 1.29 is 23.5 Å². The van der Waals surface area contributed by atoms with Gasteiger partial charge in [-0.05, 0) is 70.2 Å². The minimum absolute atomic E-state index is 0.146. The highest BCUT2D eigenvalue weighted by molar-refractivity contribution is 6.74. The topological polar surface area (TPSA) is 73.9 Å². The Bertz CT molecular complexity index is 782. The van der Waals surface area contributed by atoms with Crippen LogP contribution in [-0.4, -0.2) is 44.7 Å². The third-order valence-electron chi connectivity index (χ3n) is 6.52. The lowest BCUT2D eigenvalue weighted by atomic mass is 9.93. The predicted molar refractivity (Wildman–Crippen MR) is 134 cm³/mol. The number of hydrogen-bond acceptors (Lipinski definition) is 5. The first-order chi connectivity index (χ1) is 15.2. The van der Waals surface area contributed by atoms with Crippen molar-refractivity contribution in [3.05, 3.63) is 35.9 Å². The fourth-order valence-electron chi connectivity index (χ4n) is 3.64. The van der Waals surface area contributed by atoms with Crippen LogP contribution >= 0.6 is 0 Å². The average Bonchev–Trinajstić information content (AvgIpc) is 3.03. The summed E-state index contributed by atoms with van der Waals surface area (Å²) >= 11 is 0. The Labute approximate surface area is 200 Å². The van der Waals surface area contributed by atoms with Crippen molar-refractivity contribution in [3.63, 3.8) is 0 Å². The van der Waals surface area contributed by atoms with Gasteiger partial charge in [-0.3, -0.25) is 4.79 Å². The largest absolute Gasteiger partial charge is 0.460 e. The molecule has 0 bridgehead atoms. The van der Waals surface area contributed by atoms with Crippen LogP contribution in [0.2, 0.25) is 18.1 Å².